The van der Waals surface area contributed by atoms with Gasteiger partial charge in [-0.3, -0.25) is 4.79 Å². The van der Waals surface area contributed by atoms with Gasteiger partial charge in [-0.1, -0.05) is 55.1 Å². The van der Waals surface area contributed by atoms with Crippen molar-refractivity contribution < 1.29 is 14.3 Å². The minimum absolute atomic E-state index is 0.115. The van der Waals surface area contributed by atoms with Crippen LogP contribution in [0, 0.1) is 0 Å². The first-order valence-electron chi connectivity index (χ1n) is 9.18. The second kappa shape index (κ2) is 10.5. The minimum Gasteiger partial charge on any atom is -0.490 e. The van der Waals surface area contributed by atoms with Gasteiger partial charge in [-0.15, -0.1) is 0 Å². The summed E-state index contributed by atoms with van der Waals surface area (Å²) in [7, 11) is 0. The summed E-state index contributed by atoms with van der Waals surface area (Å²) >= 11 is 0. The van der Waals surface area contributed by atoms with Crippen molar-refractivity contribution >= 4 is 12.1 Å². The zero-order valence-corrected chi connectivity index (χ0v) is 16.0. The third kappa shape index (κ3) is 6.36. The minimum atomic E-state index is -0.334. The number of rotatable bonds is 9. The Morgan fingerprint density at radius 3 is 2.17 bits per heavy atom. The van der Waals surface area contributed by atoms with Gasteiger partial charge in [0.15, 0.2) is 6.61 Å². The third-order valence-electron chi connectivity index (χ3n) is 3.98. The maximum absolute atomic E-state index is 11.9. The lowest BCUT2D eigenvalue weighted by Crippen LogP contribution is -2.24. The largest absolute Gasteiger partial charge is 0.490 e. The topological polar surface area (TPSA) is 59.9 Å². The van der Waals surface area contributed by atoms with Crippen LogP contribution in [-0.4, -0.2) is 25.3 Å². The molecule has 0 aliphatic rings. The Hall–Kier alpha value is -3.86. The highest BCUT2D eigenvalue weighted by molar-refractivity contribution is 5.83. The molecule has 0 aliphatic heterocycles. The van der Waals surface area contributed by atoms with Gasteiger partial charge in [0.25, 0.3) is 5.91 Å². The van der Waals surface area contributed by atoms with E-state index >= 15 is 0 Å². The number of nitrogens with zero attached hydrogens (tertiary/aromatic N) is 1. The van der Waals surface area contributed by atoms with Crippen LogP contribution in [0.3, 0.4) is 0 Å². The van der Waals surface area contributed by atoms with Crippen LogP contribution < -0.4 is 14.9 Å². The highest BCUT2D eigenvalue weighted by Gasteiger charge is 2.02. The van der Waals surface area contributed by atoms with Crippen LogP contribution in [0.25, 0.3) is 11.1 Å². The third-order valence-corrected chi connectivity index (χ3v) is 3.98. The molecule has 3 rings (SSSR count). The van der Waals surface area contributed by atoms with Crippen LogP contribution in [0.5, 0.6) is 11.5 Å². The standard InChI is InChI=1S/C24H22N2O3/c1-2-16-28-22-12-8-19(9-13-22)17-25-26-24(27)18-29-23-14-10-21(11-15-23)20-6-4-3-5-7-20/h2-15,17H,1,16,18H2,(H,26,27)/b25-17+. The van der Waals surface area contributed by atoms with Gasteiger partial charge in [-0.05, 0) is 53.1 Å². The molecule has 1 N–H and O–H groups in total. The van der Waals surface area contributed by atoms with Gasteiger partial charge < -0.3 is 9.47 Å². The summed E-state index contributed by atoms with van der Waals surface area (Å²) in [6.45, 7) is 3.95. The predicted molar refractivity (Wildman–Crippen MR) is 115 cm³/mol. The van der Waals surface area contributed by atoms with Crippen LogP contribution in [0.2, 0.25) is 0 Å². The van der Waals surface area contributed by atoms with Gasteiger partial charge in [-0.2, -0.15) is 5.10 Å². The van der Waals surface area contributed by atoms with E-state index in [-0.39, 0.29) is 12.5 Å². The lowest BCUT2D eigenvalue weighted by Gasteiger charge is -2.06. The van der Waals surface area contributed by atoms with Gasteiger partial charge in [0.2, 0.25) is 0 Å². The van der Waals surface area contributed by atoms with Gasteiger partial charge in [-0.25, -0.2) is 5.43 Å². The summed E-state index contributed by atoms with van der Waals surface area (Å²) in [5.74, 6) is 1.04. The normalized spacial score (nSPS) is 10.5. The summed E-state index contributed by atoms with van der Waals surface area (Å²) in [5.41, 5.74) is 5.51. The molecule has 0 atom stereocenters. The molecule has 3 aromatic carbocycles. The first kappa shape index (κ1) is 19.9. The van der Waals surface area contributed by atoms with E-state index in [1.807, 2.05) is 78.9 Å². The van der Waals surface area contributed by atoms with Crippen LogP contribution in [0.4, 0.5) is 0 Å². The molecule has 0 unspecified atom stereocenters. The average molecular weight is 386 g/mol. The quantitative estimate of drug-likeness (QED) is 0.336. The van der Waals surface area contributed by atoms with Crippen LogP contribution >= 0.6 is 0 Å². The summed E-state index contributed by atoms with van der Waals surface area (Å²) in [6.07, 6.45) is 3.24. The van der Waals surface area contributed by atoms with E-state index in [9.17, 15) is 4.79 Å². The average Bonchev–Trinajstić information content (AvgIpc) is 2.78. The summed E-state index contributed by atoms with van der Waals surface area (Å²) < 4.78 is 10.9. The first-order valence-corrected chi connectivity index (χ1v) is 9.18. The monoisotopic (exact) mass is 386 g/mol. The van der Waals surface area contributed by atoms with Gasteiger partial charge in [0, 0.05) is 0 Å². The lowest BCUT2D eigenvalue weighted by atomic mass is 10.1. The van der Waals surface area contributed by atoms with Crippen molar-refractivity contribution in [3.63, 3.8) is 0 Å². The highest BCUT2D eigenvalue weighted by atomic mass is 16.5. The molecule has 146 valence electrons. The second-order valence-electron chi connectivity index (χ2n) is 6.14. The fourth-order valence-electron chi connectivity index (χ4n) is 2.54. The smallest absolute Gasteiger partial charge is 0.277 e. The van der Waals surface area contributed by atoms with Gasteiger partial charge in [0.05, 0.1) is 6.21 Å². The first-order chi connectivity index (χ1) is 14.2. The van der Waals surface area contributed by atoms with E-state index in [1.165, 1.54) is 0 Å². The number of carbonyl (C=O) groups is 1. The zero-order chi connectivity index (χ0) is 20.3. The molecule has 3 aromatic rings. The molecule has 0 spiro atoms. The van der Waals surface area contributed by atoms with Gasteiger partial charge in [0.1, 0.15) is 18.1 Å². The molecule has 0 saturated carbocycles. The Bertz CT molecular complexity index is 950. The van der Waals surface area contributed by atoms with Crippen molar-refractivity contribution in [2.24, 2.45) is 5.10 Å². The Morgan fingerprint density at radius 1 is 0.862 bits per heavy atom. The molecule has 0 heterocycles. The van der Waals surface area contributed by atoms with Crippen LogP contribution in [-0.2, 0) is 4.79 Å². The van der Waals surface area contributed by atoms with Crippen molar-refractivity contribution in [3.8, 4) is 22.6 Å². The molecular formula is C24H22N2O3. The lowest BCUT2D eigenvalue weighted by molar-refractivity contribution is -0.123. The maximum Gasteiger partial charge on any atom is 0.277 e. The predicted octanol–water partition coefficient (Wildman–Crippen LogP) is 4.45. The van der Waals surface area contributed by atoms with E-state index in [2.05, 4.69) is 17.1 Å². The molecule has 0 saturated heterocycles. The van der Waals surface area contributed by atoms with E-state index in [4.69, 9.17) is 9.47 Å². The molecular weight excluding hydrogens is 364 g/mol. The number of hydrazone groups is 1. The van der Waals surface area contributed by atoms with Crippen molar-refractivity contribution in [1.29, 1.82) is 0 Å². The van der Waals surface area contributed by atoms with Crippen molar-refractivity contribution in [3.05, 3.63) is 97.1 Å². The van der Waals surface area contributed by atoms with Crippen molar-refractivity contribution in [1.82, 2.24) is 5.43 Å². The number of nitrogens with one attached hydrogen (secondary N) is 1. The van der Waals surface area contributed by atoms with E-state index in [0.717, 1.165) is 22.4 Å². The highest BCUT2D eigenvalue weighted by Crippen LogP contribution is 2.21. The molecule has 0 aromatic heterocycles. The fourth-order valence-corrected chi connectivity index (χ4v) is 2.54. The SMILES string of the molecule is C=CCOc1ccc(/C=N/NC(=O)COc2ccc(-c3ccccc3)cc2)cc1. The number of hydrogen-bond donors (Lipinski definition) is 1. The Balaban J connectivity index is 1.44. The molecule has 5 nitrogen and oxygen atoms in total. The molecule has 0 bridgehead atoms. The maximum atomic E-state index is 11.9. The Labute approximate surface area is 170 Å². The van der Waals surface area contributed by atoms with Crippen molar-refractivity contribution in [2.45, 2.75) is 0 Å². The Kier molecular flexibility index (Phi) is 7.18. The number of hydrogen-bond acceptors (Lipinski definition) is 4. The second-order valence-corrected chi connectivity index (χ2v) is 6.14. The summed E-state index contributed by atoms with van der Waals surface area (Å²) in [6, 6.07) is 25.0. The summed E-state index contributed by atoms with van der Waals surface area (Å²) in [4.78, 5) is 11.9. The number of carbonyl (C=O) groups excluding carboxylic acids is 1. The molecule has 5 heteroatoms. The molecule has 0 aliphatic carbocycles. The Morgan fingerprint density at radius 2 is 1.48 bits per heavy atom. The van der Waals surface area contributed by atoms with E-state index in [1.54, 1.807) is 12.3 Å². The fraction of sp³-hybridized carbons (Fsp3) is 0.0833. The number of ether oxygens (including phenoxy) is 2. The zero-order valence-electron chi connectivity index (χ0n) is 16.0. The van der Waals surface area contributed by atoms with Gasteiger partial charge >= 0.3 is 0 Å². The molecule has 29 heavy (non-hydrogen) atoms. The van der Waals surface area contributed by atoms with Crippen LogP contribution in [0.1, 0.15) is 5.56 Å². The van der Waals surface area contributed by atoms with E-state index in [0.29, 0.717) is 12.4 Å². The molecule has 1 amide bonds. The summed E-state index contributed by atoms with van der Waals surface area (Å²) in [5, 5.41) is 3.94. The number of benzene rings is 3. The number of amides is 1. The molecule has 0 radical (unpaired) electrons. The molecule has 0 fully saturated rings. The van der Waals surface area contributed by atoms with Crippen LogP contribution in [0.15, 0.2) is 96.6 Å². The van der Waals surface area contributed by atoms with E-state index < -0.39 is 0 Å². The van der Waals surface area contributed by atoms with Crippen molar-refractivity contribution in [2.75, 3.05) is 13.2 Å².